The summed E-state index contributed by atoms with van der Waals surface area (Å²) < 4.78 is 5.28. The van der Waals surface area contributed by atoms with E-state index in [-0.39, 0.29) is 0 Å². The van der Waals surface area contributed by atoms with Crippen molar-refractivity contribution in [2.45, 2.75) is 45.3 Å². The van der Waals surface area contributed by atoms with E-state index in [1.807, 2.05) is 4.90 Å². The second-order valence-electron chi connectivity index (χ2n) is 4.77. The van der Waals surface area contributed by atoms with Gasteiger partial charge in [0.25, 0.3) is 0 Å². The van der Waals surface area contributed by atoms with Gasteiger partial charge in [-0.3, -0.25) is 4.79 Å². The molecule has 2 unspecified atom stereocenters. The van der Waals surface area contributed by atoms with Crippen LogP contribution < -0.4 is 0 Å². The molecule has 2 heterocycles. The largest absolute Gasteiger partial charge is 0.371 e. The lowest BCUT2D eigenvalue weighted by Crippen LogP contribution is -2.39. The fourth-order valence-electron chi connectivity index (χ4n) is 2.23. The Kier molecular flexibility index (Phi) is 2.77. The normalized spacial score (nSPS) is 31.2. The van der Waals surface area contributed by atoms with Gasteiger partial charge in [-0.2, -0.15) is 0 Å². The molecule has 2 fully saturated rings. The fourth-order valence-corrected chi connectivity index (χ4v) is 2.23. The van der Waals surface area contributed by atoms with Crippen molar-refractivity contribution >= 4 is 5.91 Å². The number of epoxide rings is 1. The van der Waals surface area contributed by atoms with E-state index >= 15 is 0 Å². The zero-order valence-corrected chi connectivity index (χ0v) is 9.03. The van der Waals surface area contributed by atoms with E-state index in [1.54, 1.807) is 0 Å². The zero-order valence-electron chi connectivity index (χ0n) is 9.03. The molecule has 0 N–H and O–H groups in total. The first-order chi connectivity index (χ1) is 6.68. The highest BCUT2D eigenvalue weighted by molar-refractivity contribution is 5.77. The molecule has 0 aromatic carbocycles. The predicted octanol–water partition coefficient (Wildman–Crippen LogP) is 1.42. The first-order valence-corrected chi connectivity index (χ1v) is 5.59. The van der Waals surface area contributed by atoms with Crippen molar-refractivity contribution in [3.8, 4) is 0 Å². The third-order valence-electron chi connectivity index (χ3n) is 2.99. The summed E-state index contributed by atoms with van der Waals surface area (Å²) in [6.45, 7) is 5.99. The van der Waals surface area contributed by atoms with Crippen LogP contribution in [0.5, 0.6) is 0 Å². The SMILES string of the molecule is CC(C)CC(=O)N1CCCC1C1CO1. The molecule has 3 nitrogen and oxygen atoms in total. The van der Waals surface area contributed by atoms with Gasteiger partial charge in [-0.15, -0.1) is 0 Å². The number of hydrogen-bond acceptors (Lipinski definition) is 2. The molecule has 0 saturated carbocycles. The fraction of sp³-hybridized carbons (Fsp3) is 0.909. The summed E-state index contributed by atoms with van der Waals surface area (Å²) in [5, 5.41) is 0. The van der Waals surface area contributed by atoms with Crippen molar-refractivity contribution in [2.75, 3.05) is 13.2 Å². The summed E-state index contributed by atoms with van der Waals surface area (Å²) in [4.78, 5) is 13.9. The van der Waals surface area contributed by atoms with E-state index in [4.69, 9.17) is 4.74 Å². The third kappa shape index (κ3) is 2.08. The second-order valence-corrected chi connectivity index (χ2v) is 4.77. The summed E-state index contributed by atoms with van der Waals surface area (Å²) in [5.41, 5.74) is 0. The van der Waals surface area contributed by atoms with Gasteiger partial charge in [0.05, 0.1) is 12.6 Å². The molecule has 1 amide bonds. The van der Waals surface area contributed by atoms with Crippen LogP contribution in [0.25, 0.3) is 0 Å². The van der Waals surface area contributed by atoms with Crippen LogP contribution in [0.1, 0.15) is 33.1 Å². The van der Waals surface area contributed by atoms with Crippen LogP contribution in [0, 0.1) is 5.92 Å². The number of hydrogen-bond donors (Lipinski definition) is 0. The molecule has 0 aliphatic carbocycles. The van der Waals surface area contributed by atoms with Gasteiger partial charge in [0.1, 0.15) is 6.10 Å². The van der Waals surface area contributed by atoms with Crippen molar-refractivity contribution in [2.24, 2.45) is 5.92 Å². The maximum absolute atomic E-state index is 11.9. The van der Waals surface area contributed by atoms with E-state index < -0.39 is 0 Å². The molecule has 2 rings (SSSR count). The van der Waals surface area contributed by atoms with Crippen LogP contribution in [0.2, 0.25) is 0 Å². The topological polar surface area (TPSA) is 32.8 Å². The molecular weight excluding hydrogens is 178 g/mol. The van der Waals surface area contributed by atoms with E-state index in [9.17, 15) is 4.79 Å². The minimum absolute atomic E-state index is 0.318. The van der Waals surface area contributed by atoms with E-state index in [0.717, 1.165) is 26.0 Å². The number of carbonyl (C=O) groups excluding carboxylic acids is 1. The number of amides is 1. The number of nitrogens with zero attached hydrogens (tertiary/aromatic N) is 1. The van der Waals surface area contributed by atoms with Gasteiger partial charge in [-0.05, 0) is 18.8 Å². The Bertz CT molecular complexity index is 223. The predicted molar refractivity (Wildman–Crippen MR) is 53.9 cm³/mol. The lowest BCUT2D eigenvalue weighted by molar-refractivity contribution is -0.133. The highest BCUT2D eigenvalue weighted by atomic mass is 16.6. The number of likely N-dealkylation sites (tertiary alicyclic amines) is 1. The van der Waals surface area contributed by atoms with Crippen LogP contribution in [0.4, 0.5) is 0 Å². The number of rotatable bonds is 3. The maximum atomic E-state index is 11.9. The second kappa shape index (κ2) is 3.89. The lowest BCUT2D eigenvalue weighted by Gasteiger charge is -2.24. The standard InChI is InChI=1S/C11H19NO2/c1-8(2)6-11(13)12-5-3-4-9(12)10-7-14-10/h8-10H,3-7H2,1-2H3. The molecule has 2 saturated heterocycles. The van der Waals surface area contributed by atoms with Gasteiger partial charge in [-0.25, -0.2) is 0 Å². The highest BCUT2D eigenvalue weighted by Crippen LogP contribution is 2.29. The van der Waals surface area contributed by atoms with Crippen LogP contribution in [0.3, 0.4) is 0 Å². The summed E-state index contributed by atoms with van der Waals surface area (Å²) in [6.07, 6.45) is 3.32. The van der Waals surface area contributed by atoms with Gasteiger partial charge in [0, 0.05) is 13.0 Å². The molecule has 2 atom stereocenters. The van der Waals surface area contributed by atoms with Crippen LogP contribution in [-0.2, 0) is 9.53 Å². The van der Waals surface area contributed by atoms with E-state index in [0.29, 0.717) is 30.4 Å². The first kappa shape index (κ1) is 9.97. The molecule has 0 spiro atoms. The molecule has 0 bridgehead atoms. The van der Waals surface area contributed by atoms with Crippen molar-refractivity contribution in [3.05, 3.63) is 0 Å². The average molecular weight is 197 g/mol. The minimum Gasteiger partial charge on any atom is -0.371 e. The molecular formula is C11H19NO2. The molecule has 0 aromatic rings. The molecule has 2 aliphatic heterocycles. The Hall–Kier alpha value is -0.570. The summed E-state index contributed by atoms with van der Waals surface area (Å²) in [6, 6.07) is 0.390. The Labute approximate surface area is 85.4 Å². The molecule has 0 aromatic heterocycles. The van der Waals surface area contributed by atoms with Crippen molar-refractivity contribution in [1.82, 2.24) is 4.90 Å². The Morgan fingerprint density at radius 2 is 2.29 bits per heavy atom. The van der Waals surface area contributed by atoms with Gasteiger partial charge in [-0.1, -0.05) is 13.8 Å². The average Bonchev–Trinajstić information content (AvgIpc) is 2.82. The Morgan fingerprint density at radius 1 is 1.57 bits per heavy atom. The lowest BCUT2D eigenvalue weighted by atomic mass is 10.1. The quantitative estimate of drug-likeness (QED) is 0.641. The van der Waals surface area contributed by atoms with E-state index in [2.05, 4.69) is 13.8 Å². The third-order valence-corrected chi connectivity index (χ3v) is 2.99. The molecule has 2 aliphatic rings. The van der Waals surface area contributed by atoms with Crippen LogP contribution >= 0.6 is 0 Å². The van der Waals surface area contributed by atoms with Gasteiger partial charge >= 0.3 is 0 Å². The molecule has 3 heteroatoms. The highest BCUT2D eigenvalue weighted by Gasteiger charge is 2.41. The van der Waals surface area contributed by atoms with Crippen molar-refractivity contribution in [1.29, 1.82) is 0 Å². The minimum atomic E-state index is 0.318. The first-order valence-electron chi connectivity index (χ1n) is 5.59. The van der Waals surface area contributed by atoms with E-state index in [1.165, 1.54) is 0 Å². The van der Waals surface area contributed by atoms with Crippen molar-refractivity contribution in [3.63, 3.8) is 0 Å². The van der Waals surface area contributed by atoms with Crippen LogP contribution in [-0.4, -0.2) is 36.1 Å². The molecule has 14 heavy (non-hydrogen) atoms. The van der Waals surface area contributed by atoms with Crippen molar-refractivity contribution < 1.29 is 9.53 Å². The Balaban J connectivity index is 1.91. The summed E-state index contributed by atoms with van der Waals surface area (Å²) in [5.74, 6) is 0.780. The van der Waals surface area contributed by atoms with Gasteiger partial charge in [0.15, 0.2) is 0 Å². The monoisotopic (exact) mass is 197 g/mol. The number of carbonyl (C=O) groups is 1. The zero-order chi connectivity index (χ0) is 10.1. The molecule has 80 valence electrons. The smallest absolute Gasteiger partial charge is 0.223 e. The Morgan fingerprint density at radius 3 is 2.86 bits per heavy atom. The molecule has 0 radical (unpaired) electrons. The number of ether oxygens (including phenoxy) is 1. The summed E-state index contributed by atoms with van der Waals surface area (Å²) >= 11 is 0. The van der Waals surface area contributed by atoms with Gasteiger partial charge in [0.2, 0.25) is 5.91 Å². The van der Waals surface area contributed by atoms with Crippen LogP contribution in [0.15, 0.2) is 0 Å². The summed E-state index contributed by atoms with van der Waals surface area (Å²) in [7, 11) is 0. The maximum Gasteiger partial charge on any atom is 0.223 e. The van der Waals surface area contributed by atoms with Gasteiger partial charge < -0.3 is 9.64 Å².